The van der Waals surface area contributed by atoms with Gasteiger partial charge in [0.25, 0.3) is 5.91 Å². The number of carbonyl (C=O) groups excluding carboxylic acids is 1. The first kappa shape index (κ1) is 18.4. The first-order chi connectivity index (χ1) is 13.2. The molecule has 3 aromatic rings. The van der Waals surface area contributed by atoms with Gasteiger partial charge in [-0.2, -0.15) is 0 Å². The Kier molecular flexibility index (Phi) is 5.71. The van der Waals surface area contributed by atoms with E-state index in [9.17, 15) is 4.79 Å². The molecule has 1 fully saturated rings. The number of nitrogens with zero attached hydrogens (tertiary/aromatic N) is 2. The molecule has 1 aliphatic heterocycles. The molecule has 1 N–H and O–H groups in total. The van der Waals surface area contributed by atoms with Crippen molar-refractivity contribution < 1.29 is 9.32 Å². The molecular formula is C20H23N3O2S2. The lowest BCUT2D eigenvalue weighted by molar-refractivity contribution is 0.0906. The summed E-state index contributed by atoms with van der Waals surface area (Å²) in [5.74, 6) is 1.23. The van der Waals surface area contributed by atoms with Crippen LogP contribution in [-0.4, -0.2) is 35.6 Å². The molecule has 0 aromatic carbocycles. The number of nitrogens with one attached hydrogen (secondary N) is 1. The van der Waals surface area contributed by atoms with Crippen LogP contribution in [0.25, 0.3) is 10.6 Å². The van der Waals surface area contributed by atoms with Crippen molar-refractivity contribution >= 4 is 28.6 Å². The lowest BCUT2D eigenvalue weighted by Crippen LogP contribution is -2.41. The minimum Gasteiger partial charge on any atom is -0.355 e. The van der Waals surface area contributed by atoms with Gasteiger partial charge in [-0.05, 0) is 54.7 Å². The van der Waals surface area contributed by atoms with Gasteiger partial charge in [0.1, 0.15) is 0 Å². The molecule has 5 nitrogen and oxygen atoms in total. The maximum atomic E-state index is 12.6. The number of carbonyl (C=O) groups is 1. The molecule has 1 aliphatic rings. The molecule has 3 aromatic heterocycles. The van der Waals surface area contributed by atoms with E-state index in [0.29, 0.717) is 18.0 Å². The fraction of sp³-hybridized carbons (Fsp3) is 0.400. The predicted molar refractivity (Wildman–Crippen MR) is 109 cm³/mol. The molecule has 0 aliphatic carbocycles. The van der Waals surface area contributed by atoms with E-state index in [2.05, 4.69) is 39.8 Å². The zero-order chi connectivity index (χ0) is 18.6. The van der Waals surface area contributed by atoms with Crippen LogP contribution < -0.4 is 5.32 Å². The molecular weight excluding hydrogens is 378 g/mol. The minimum absolute atomic E-state index is 0.187. The van der Waals surface area contributed by atoms with Crippen LogP contribution in [0.3, 0.4) is 0 Å². The fourth-order valence-electron chi connectivity index (χ4n) is 3.43. The molecule has 4 heterocycles. The lowest BCUT2D eigenvalue weighted by Gasteiger charge is -2.36. The molecule has 0 spiro atoms. The zero-order valence-corrected chi connectivity index (χ0v) is 16.9. The fourth-order valence-corrected chi connectivity index (χ4v) is 4.96. The number of hydrogen-bond acceptors (Lipinski definition) is 6. The Balaban J connectivity index is 1.42. The number of likely N-dealkylation sites (tertiary alicyclic amines) is 1. The van der Waals surface area contributed by atoms with E-state index < -0.39 is 0 Å². The van der Waals surface area contributed by atoms with Crippen molar-refractivity contribution in [2.75, 3.05) is 19.6 Å². The number of piperidine rings is 1. The van der Waals surface area contributed by atoms with E-state index in [0.717, 1.165) is 23.9 Å². The van der Waals surface area contributed by atoms with Crippen LogP contribution >= 0.6 is 22.7 Å². The van der Waals surface area contributed by atoms with Gasteiger partial charge in [0.2, 0.25) is 0 Å². The molecule has 1 amide bonds. The third-order valence-corrected chi connectivity index (χ3v) is 6.95. The number of hydrogen-bond donors (Lipinski definition) is 1. The highest BCUT2D eigenvalue weighted by Crippen LogP contribution is 2.29. The summed E-state index contributed by atoms with van der Waals surface area (Å²) in [7, 11) is 0. The summed E-state index contributed by atoms with van der Waals surface area (Å²) in [5, 5.41) is 11.1. The van der Waals surface area contributed by atoms with Crippen molar-refractivity contribution in [1.29, 1.82) is 0 Å². The zero-order valence-electron chi connectivity index (χ0n) is 15.3. The number of aromatic nitrogens is 1. The molecule has 0 unspecified atom stereocenters. The molecule has 27 heavy (non-hydrogen) atoms. The van der Waals surface area contributed by atoms with Gasteiger partial charge in [-0.3, -0.25) is 9.69 Å². The van der Waals surface area contributed by atoms with Crippen molar-refractivity contribution in [2.45, 2.75) is 25.8 Å². The van der Waals surface area contributed by atoms with Crippen LogP contribution in [0.2, 0.25) is 0 Å². The van der Waals surface area contributed by atoms with Gasteiger partial charge in [-0.1, -0.05) is 24.2 Å². The largest absolute Gasteiger partial charge is 0.355 e. The van der Waals surface area contributed by atoms with Crippen LogP contribution in [0.15, 0.2) is 45.6 Å². The van der Waals surface area contributed by atoms with Crippen LogP contribution in [0.5, 0.6) is 0 Å². The second-order valence-corrected chi connectivity index (χ2v) is 8.94. The highest BCUT2D eigenvalue weighted by Gasteiger charge is 2.26. The Hall–Kier alpha value is -1.96. The molecule has 0 saturated carbocycles. The highest BCUT2D eigenvalue weighted by atomic mass is 32.1. The number of amides is 1. The molecule has 1 saturated heterocycles. The number of rotatable bonds is 6. The first-order valence-electron chi connectivity index (χ1n) is 9.27. The maximum Gasteiger partial charge on any atom is 0.273 e. The summed E-state index contributed by atoms with van der Waals surface area (Å²) < 4.78 is 5.33. The summed E-state index contributed by atoms with van der Waals surface area (Å²) in [4.78, 5) is 17.4. The van der Waals surface area contributed by atoms with Gasteiger partial charge in [0, 0.05) is 17.5 Å². The van der Waals surface area contributed by atoms with Crippen LogP contribution in [0.1, 0.15) is 41.2 Å². The SMILES string of the molecule is CC1CCN([C@@H](CNC(=O)c2cc(-c3cccs3)on2)c2cccs2)CC1. The Morgan fingerprint density at radius 3 is 2.78 bits per heavy atom. The van der Waals surface area contributed by atoms with Gasteiger partial charge in [-0.15, -0.1) is 22.7 Å². The molecule has 142 valence electrons. The standard InChI is InChI=1S/C20H23N3O2S2/c1-14-6-8-23(9-7-14)16(18-4-2-10-26-18)13-21-20(24)15-12-17(25-22-15)19-5-3-11-27-19/h2-5,10-12,14,16H,6-9,13H2,1H3,(H,21,24)/t16-/m0/s1. The maximum absolute atomic E-state index is 12.6. The second-order valence-electron chi connectivity index (χ2n) is 7.01. The normalized spacial score (nSPS) is 17.1. The van der Waals surface area contributed by atoms with Crippen LogP contribution in [-0.2, 0) is 0 Å². The molecule has 0 bridgehead atoms. The van der Waals surface area contributed by atoms with E-state index in [-0.39, 0.29) is 11.9 Å². The average molecular weight is 402 g/mol. The minimum atomic E-state index is -0.187. The third-order valence-electron chi connectivity index (χ3n) is 5.09. The van der Waals surface area contributed by atoms with Crippen molar-refractivity contribution in [3.8, 4) is 10.6 Å². The van der Waals surface area contributed by atoms with Gasteiger partial charge in [0.15, 0.2) is 11.5 Å². The average Bonchev–Trinajstić information content (AvgIpc) is 3.44. The van der Waals surface area contributed by atoms with Gasteiger partial charge < -0.3 is 9.84 Å². The molecule has 4 rings (SSSR count). The van der Waals surface area contributed by atoms with Crippen LogP contribution in [0, 0.1) is 5.92 Å². The van der Waals surface area contributed by atoms with Crippen molar-refractivity contribution in [1.82, 2.24) is 15.4 Å². The van der Waals surface area contributed by atoms with E-state index >= 15 is 0 Å². The smallest absolute Gasteiger partial charge is 0.273 e. The van der Waals surface area contributed by atoms with E-state index in [1.165, 1.54) is 17.7 Å². The van der Waals surface area contributed by atoms with E-state index in [1.54, 1.807) is 28.7 Å². The van der Waals surface area contributed by atoms with Gasteiger partial charge in [-0.25, -0.2) is 0 Å². The van der Waals surface area contributed by atoms with E-state index in [4.69, 9.17) is 4.52 Å². The third kappa shape index (κ3) is 4.31. The summed E-state index contributed by atoms with van der Waals surface area (Å²) in [6.45, 7) is 5.04. The Morgan fingerprint density at radius 2 is 2.07 bits per heavy atom. The van der Waals surface area contributed by atoms with Gasteiger partial charge in [0.05, 0.1) is 10.9 Å². The lowest BCUT2D eigenvalue weighted by atomic mass is 9.97. The van der Waals surface area contributed by atoms with Crippen molar-refractivity contribution in [3.63, 3.8) is 0 Å². The Labute approximate surface area is 167 Å². The number of thiophene rings is 2. The monoisotopic (exact) mass is 401 g/mol. The second kappa shape index (κ2) is 8.37. The summed E-state index contributed by atoms with van der Waals surface area (Å²) in [6, 6.07) is 10.1. The predicted octanol–water partition coefficient (Wildman–Crippen LogP) is 4.67. The molecule has 1 atom stereocenters. The van der Waals surface area contributed by atoms with Crippen LogP contribution in [0.4, 0.5) is 0 Å². The topological polar surface area (TPSA) is 58.4 Å². The quantitative estimate of drug-likeness (QED) is 0.652. The summed E-state index contributed by atoms with van der Waals surface area (Å²) >= 11 is 3.32. The Morgan fingerprint density at radius 1 is 1.30 bits per heavy atom. The Bertz CT molecular complexity index is 850. The summed E-state index contributed by atoms with van der Waals surface area (Å²) in [6.07, 6.45) is 2.42. The van der Waals surface area contributed by atoms with Gasteiger partial charge >= 0.3 is 0 Å². The van der Waals surface area contributed by atoms with Crippen molar-refractivity contribution in [2.24, 2.45) is 5.92 Å². The molecule has 7 heteroatoms. The highest BCUT2D eigenvalue weighted by molar-refractivity contribution is 7.13. The van der Waals surface area contributed by atoms with Crippen molar-refractivity contribution in [3.05, 3.63) is 51.7 Å². The summed E-state index contributed by atoms with van der Waals surface area (Å²) in [5.41, 5.74) is 0.329. The first-order valence-corrected chi connectivity index (χ1v) is 11.0. The van der Waals surface area contributed by atoms with E-state index in [1.807, 2.05) is 17.5 Å². The molecule has 0 radical (unpaired) electrons.